The number of carboxylic acid groups (broad SMARTS) is 6. The quantitative estimate of drug-likeness (QED) is 0.0823. The van der Waals surface area contributed by atoms with E-state index >= 15 is 0 Å². The Morgan fingerprint density at radius 1 is 0.528 bits per heavy atom. The second kappa shape index (κ2) is 27.0. The maximum Gasteiger partial charge on any atom is 0.414 e. The first-order valence-corrected chi connectivity index (χ1v) is 22.2. The molecule has 2 aliphatic rings. The fourth-order valence-electron chi connectivity index (χ4n) is 6.58. The van der Waals surface area contributed by atoms with Crippen LogP contribution in [0.5, 0.6) is 0 Å². The van der Waals surface area contributed by atoms with E-state index in [0.717, 1.165) is 24.0 Å². The molecule has 0 amide bonds. The van der Waals surface area contributed by atoms with Gasteiger partial charge >= 0.3 is 35.8 Å². The van der Waals surface area contributed by atoms with Gasteiger partial charge in [0, 0.05) is 34.0 Å². The van der Waals surface area contributed by atoms with Crippen LogP contribution >= 0.6 is 46.4 Å². The summed E-state index contributed by atoms with van der Waals surface area (Å²) < 4.78 is 28.6. The Hall–Kier alpha value is -7.02. The Kier molecular flexibility index (Phi) is 21.6. The molecule has 0 saturated carbocycles. The summed E-state index contributed by atoms with van der Waals surface area (Å²) in [6.45, 7) is 5.76. The first-order chi connectivity index (χ1) is 34.0. The molecular weight excluding hydrogens is 1030 g/mol. The number of aliphatic carboxylic acids is 6. The Labute approximate surface area is 428 Å². The van der Waals surface area contributed by atoms with Gasteiger partial charge in [0.05, 0.1) is 35.5 Å². The highest BCUT2D eigenvalue weighted by atomic mass is 35.5. The number of carboxylic acids is 6. The molecule has 26 heteroatoms. The predicted molar refractivity (Wildman–Crippen MR) is 254 cm³/mol. The maximum absolute atomic E-state index is 9.10. The van der Waals surface area contributed by atoms with Gasteiger partial charge in [-0.2, -0.15) is 10.2 Å². The molecule has 2 saturated heterocycles. The van der Waals surface area contributed by atoms with Crippen molar-refractivity contribution in [3.05, 3.63) is 164 Å². The molecule has 0 spiro atoms. The Morgan fingerprint density at radius 3 is 1.11 bits per heavy atom. The summed E-state index contributed by atoms with van der Waals surface area (Å²) in [5, 5.41) is 54.9. The van der Waals surface area contributed by atoms with Crippen LogP contribution in [0.4, 0.5) is 0 Å². The van der Waals surface area contributed by atoms with Crippen molar-refractivity contribution in [2.45, 2.75) is 63.6 Å². The number of halogens is 4. The van der Waals surface area contributed by atoms with Crippen LogP contribution in [0.2, 0.25) is 20.1 Å². The van der Waals surface area contributed by atoms with Crippen LogP contribution in [0.25, 0.3) is 0 Å². The van der Waals surface area contributed by atoms with Crippen molar-refractivity contribution in [3.63, 3.8) is 0 Å². The zero-order chi connectivity index (χ0) is 53.2. The van der Waals surface area contributed by atoms with Crippen molar-refractivity contribution in [2.24, 2.45) is 0 Å². The highest BCUT2D eigenvalue weighted by Crippen LogP contribution is 2.42. The van der Waals surface area contributed by atoms with E-state index in [2.05, 4.69) is 82.5 Å². The van der Waals surface area contributed by atoms with Crippen molar-refractivity contribution in [1.82, 2.24) is 29.5 Å². The summed E-state index contributed by atoms with van der Waals surface area (Å²) in [5.41, 5.74) is 6.33. The standard InChI is InChI=1S/2C20H19Cl2N3O2.3C2H2O4/c2*1-14-2-4-15(5-3-14)8-17-10-26-20(27-17,11-25-13-23-12-24-25)18-7-6-16(21)9-19(18)22;3*3-1(4)2(5)6/h2*2-7,9,12-13,17H,8,10-11H2,1H3;3*(H,3,4)(H,5,6). The van der Waals surface area contributed by atoms with E-state index in [4.69, 9.17) is 125 Å². The number of aryl methyl sites for hydroxylation is 2. The van der Waals surface area contributed by atoms with Crippen LogP contribution in [-0.4, -0.2) is 121 Å². The summed E-state index contributed by atoms with van der Waals surface area (Å²) in [7, 11) is 0. The minimum atomic E-state index is -1.82. The van der Waals surface area contributed by atoms with E-state index in [1.807, 2.05) is 12.1 Å². The lowest BCUT2D eigenvalue weighted by molar-refractivity contribution is -0.188. The maximum atomic E-state index is 9.10. The summed E-state index contributed by atoms with van der Waals surface area (Å²) in [4.78, 5) is 62.6. The second-order valence-electron chi connectivity index (χ2n) is 15.3. The van der Waals surface area contributed by atoms with Crippen LogP contribution in [0, 0.1) is 13.8 Å². The molecule has 0 radical (unpaired) electrons. The third-order valence-corrected chi connectivity index (χ3v) is 10.9. The Balaban J connectivity index is 0.000000234. The number of carbonyl (C=O) groups is 6. The van der Waals surface area contributed by atoms with E-state index in [0.29, 0.717) is 46.4 Å². The summed E-state index contributed by atoms with van der Waals surface area (Å²) in [5.74, 6) is -13.0. The second-order valence-corrected chi connectivity index (χ2v) is 16.9. The van der Waals surface area contributed by atoms with Crippen LogP contribution in [0.15, 0.2) is 110 Å². The molecule has 4 atom stereocenters. The fraction of sp³-hybridized carbons (Fsp3) is 0.261. The third-order valence-electron chi connectivity index (χ3n) is 9.79. The van der Waals surface area contributed by atoms with Gasteiger partial charge in [-0.05, 0) is 49.2 Å². The molecule has 0 aliphatic carbocycles. The van der Waals surface area contributed by atoms with Gasteiger partial charge in [-0.25, -0.2) is 48.1 Å². The number of nitrogens with zero attached hydrogens (tertiary/aromatic N) is 6. The minimum Gasteiger partial charge on any atom is -0.473 e. The Bertz CT molecular complexity index is 2540. The first kappa shape index (κ1) is 57.6. The zero-order valence-corrected chi connectivity index (χ0v) is 40.8. The van der Waals surface area contributed by atoms with Gasteiger partial charge in [0.1, 0.15) is 38.4 Å². The fourth-order valence-corrected chi connectivity index (χ4v) is 7.68. The molecule has 382 valence electrons. The number of rotatable bonds is 10. The molecule has 6 N–H and O–H groups in total. The molecule has 4 aromatic carbocycles. The third kappa shape index (κ3) is 17.7. The van der Waals surface area contributed by atoms with Gasteiger partial charge in [-0.3, -0.25) is 0 Å². The predicted octanol–water partition coefficient (Wildman–Crippen LogP) is 6.28. The van der Waals surface area contributed by atoms with Crippen molar-refractivity contribution < 1.29 is 78.4 Å². The van der Waals surface area contributed by atoms with E-state index < -0.39 is 47.4 Å². The molecule has 22 nitrogen and oxygen atoms in total. The molecule has 72 heavy (non-hydrogen) atoms. The van der Waals surface area contributed by atoms with Crippen molar-refractivity contribution in [2.75, 3.05) is 13.2 Å². The molecule has 4 heterocycles. The molecule has 2 aromatic heterocycles. The highest BCUT2D eigenvalue weighted by molar-refractivity contribution is 6.35. The lowest BCUT2D eigenvalue weighted by Crippen LogP contribution is -2.34. The number of aromatic nitrogens is 6. The van der Waals surface area contributed by atoms with E-state index in [1.165, 1.54) is 34.9 Å². The normalized spacial score (nSPS) is 18.5. The van der Waals surface area contributed by atoms with Gasteiger partial charge in [0.15, 0.2) is 0 Å². The lowest BCUT2D eigenvalue weighted by Gasteiger charge is -2.29. The van der Waals surface area contributed by atoms with Gasteiger partial charge in [-0.1, -0.05) is 118 Å². The summed E-state index contributed by atoms with van der Waals surface area (Å²) >= 11 is 25.1. The molecule has 8 rings (SSSR count). The molecule has 6 aromatic rings. The van der Waals surface area contributed by atoms with Gasteiger partial charge < -0.3 is 49.6 Å². The molecule has 0 bridgehead atoms. The summed E-state index contributed by atoms with van der Waals surface area (Å²) in [6, 6.07) is 27.5. The van der Waals surface area contributed by atoms with Gasteiger partial charge in [-0.15, -0.1) is 0 Å². The van der Waals surface area contributed by atoms with E-state index in [1.54, 1.807) is 46.3 Å². The average Bonchev–Trinajstić information content (AvgIpc) is 4.17. The van der Waals surface area contributed by atoms with Crippen molar-refractivity contribution >= 4 is 82.2 Å². The minimum absolute atomic E-state index is 0.0945. The number of ether oxygens (including phenoxy) is 4. The largest absolute Gasteiger partial charge is 0.473 e. The number of hydrogen-bond donors (Lipinski definition) is 6. The average molecular weight is 1080 g/mol. The molecular formula is C46H44Cl4N6O16. The van der Waals surface area contributed by atoms with Crippen LogP contribution in [0.3, 0.4) is 0 Å². The number of hydrogen-bond acceptors (Lipinski definition) is 14. The topological polar surface area (TPSA) is 322 Å². The zero-order valence-electron chi connectivity index (χ0n) is 37.8. The Morgan fingerprint density at radius 2 is 0.847 bits per heavy atom. The summed E-state index contributed by atoms with van der Waals surface area (Å²) in [6.07, 6.45) is 7.55. The van der Waals surface area contributed by atoms with Crippen LogP contribution < -0.4 is 0 Å². The van der Waals surface area contributed by atoms with E-state index in [9.17, 15) is 0 Å². The van der Waals surface area contributed by atoms with Crippen molar-refractivity contribution in [3.8, 4) is 0 Å². The highest BCUT2D eigenvalue weighted by Gasteiger charge is 2.46. The van der Waals surface area contributed by atoms with Gasteiger partial charge in [0.2, 0.25) is 11.6 Å². The van der Waals surface area contributed by atoms with E-state index in [-0.39, 0.29) is 12.2 Å². The monoisotopic (exact) mass is 1080 g/mol. The molecule has 2 aliphatic heterocycles. The SMILES string of the molecule is Cc1ccc(CC2COC(Cn3cncn3)(c3ccc(Cl)cc3Cl)O2)cc1.Cc1ccc(CC2COC(Cn3cncn3)(c3ccc(Cl)cc3Cl)O2)cc1.O=C(O)C(=O)O.O=C(O)C(=O)O.O=C(O)C(=O)O. The van der Waals surface area contributed by atoms with Crippen LogP contribution in [0.1, 0.15) is 33.4 Å². The first-order valence-electron chi connectivity index (χ1n) is 20.7. The molecule has 4 unspecified atom stereocenters. The smallest absolute Gasteiger partial charge is 0.414 e. The lowest BCUT2D eigenvalue weighted by atomic mass is 10.0. The van der Waals surface area contributed by atoms with Crippen molar-refractivity contribution in [1.29, 1.82) is 0 Å². The van der Waals surface area contributed by atoms with Crippen LogP contribution in [-0.2, 0) is 85.2 Å². The number of benzene rings is 4. The van der Waals surface area contributed by atoms with Gasteiger partial charge in [0.25, 0.3) is 0 Å². The molecule has 2 fully saturated rings.